The highest BCUT2D eigenvalue weighted by Gasteiger charge is 2.57. The van der Waals surface area contributed by atoms with Gasteiger partial charge in [-0.1, -0.05) is 39.0 Å². The molecule has 2 atom stereocenters. The van der Waals surface area contributed by atoms with Gasteiger partial charge in [-0.15, -0.1) is 0 Å². The normalized spacial score (nSPS) is 32.4. The lowest BCUT2D eigenvalue weighted by Gasteiger charge is -2.37. The second-order valence-corrected chi connectivity index (χ2v) is 6.51. The third-order valence-electron chi connectivity index (χ3n) is 5.67. The van der Waals surface area contributed by atoms with E-state index in [1.165, 1.54) is 18.4 Å². The molecule has 0 saturated heterocycles. The molecule has 0 aromatic heterocycles. The minimum absolute atomic E-state index is 0.340. The average molecular weight is 242 g/mol. The number of ether oxygens (including phenoxy) is 1. The van der Waals surface area contributed by atoms with Crippen molar-refractivity contribution in [1.29, 1.82) is 0 Å². The minimum atomic E-state index is 0.340. The molecule has 2 unspecified atom stereocenters. The first-order chi connectivity index (χ1) is 8.49. The zero-order valence-electron chi connectivity index (χ0n) is 11.8. The molecule has 0 aliphatic heterocycles. The quantitative estimate of drug-likeness (QED) is 0.740. The van der Waals surface area contributed by atoms with E-state index in [1.54, 1.807) is 12.7 Å². The number of methoxy groups -OCH3 is 1. The van der Waals surface area contributed by atoms with Crippen molar-refractivity contribution >= 4 is 5.57 Å². The fraction of sp³-hybridized carbons (Fsp3) is 0.529. The Morgan fingerprint density at radius 3 is 2.22 bits per heavy atom. The monoisotopic (exact) mass is 242 g/mol. The van der Waals surface area contributed by atoms with Gasteiger partial charge in [0.2, 0.25) is 0 Å². The molecular weight excluding hydrogens is 220 g/mol. The summed E-state index contributed by atoms with van der Waals surface area (Å²) in [6.45, 7) is 7.30. The molecular formula is C17H22O. The number of rotatable bonds is 2. The fourth-order valence-electron chi connectivity index (χ4n) is 3.88. The lowest BCUT2D eigenvalue weighted by molar-refractivity contribution is 0.189. The van der Waals surface area contributed by atoms with Gasteiger partial charge in [-0.05, 0) is 52.9 Å². The number of allylic oxidation sites excluding steroid dienone is 2. The molecule has 0 N–H and O–H groups in total. The van der Waals surface area contributed by atoms with Crippen molar-refractivity contribution in [1.82, 2.24) is 0 Å². The van der Waals surface area contributed by atoms with Crippen LogP contribution in [0.3, 0.4) is 0 Å². The van der Waals surface area contributed by atoms with E-state index >= 15 is 0 Å². The zero-order valence-corrected chi connectivity index (χ0v) is 11.8. The van der Waals surface area contributed by atoms with E-state index < -0.39 is 0 Å². The molecule has 3 rings (SSSR count). The minimum Gasteiger partial charge on any atom is -0.497 e. The summed E-state index contributed by atoms with van der Waals surface area (Å²) < 4.78 is 5.24. The predicted molar refractivity (Wildman–Crippen MR) is 75.6 cm³/mol. The highest BCUT2D eigenvalue weighted by atomic mass is 16.5. The smallest absolute Gasteiger partial charge is 0.118 e. The Labute approximate surface area is 110 Å². The SMILES string of the molecule is COc1ccc(C2=CC3CCC2(C)C3(C)C)cc1. The second kappa shape index (κ2) is 3.63. The van der Waals surface area contributed by atoms with Crippen LogP contribution in [0.2, 0.25) is 0 Å². The number of hydrogen-bond donors (Lipinski definition) is 0. The Morgan fingerprint density at radius 2 is 1.78 bits per heavy atom. The third kappa shape index (κ3) is 1.33. The Balaban J connectivity index is 2.01. The van der Waals surface area contributed by atoms with E-state index in [1.807, 2.05) is 0 Å². The van der Waals surface area contributed by atoms with Crippen LogP contribution < -0.4 is 4.74 Å². The summed E-state index contributed by atoms with van der Waals surface area (Å²) in [6.07, 6.45) is 5.19. The summed E-state index contributed by atoms with van der Waals surface area (Å²) in [5.74, 6) is 1.69. The predicted octanol–water partition coefficient (Wildman–Crippen LogP) is 4.53. The van der Waals surface area contributed by atoms with Gasteiger partial charge >= 0.3 is 0 Å². The van der Waals surface area contributed by atoms with Crippen molar-refractivity contribution in [3.05, 3.63) is 35.9 Å². The second-order valence-electron chi connectivity index (χ2n) is 6.51. The first-order valence-corrected chi connectivity index (χ1v) is 6.86. The molecule has 1 aromatic rings. The van der Waals surface area contributed by atoms with Gasteiger partial charge in [-0.3, -0.25) is 0 Å². The van der Waals surface area contributed by atoms with E-state index in [0.717, 1.165) is 11.7 Å². The van der Waals surface area contributed by atoms with Gasteiger partial charge < -0.3 is 4.74 Å². The van der Waals surface area contributed by atoms with Gasteiger partial charge in [-0.2, -0.15) is 0 Å². The maximum absolute atomic E-state index is 5.24. The molecule has 0 radical (unpaired) electrons. The molecule has 2 aliphatic rings. The summed E-state index contributed by atoms with van der Waals surface area (Å²) in [5, 5.41) is 0. The topological polar surface area (TPSA) is 9.23 Å². The molecule has 0 amide bonds. The maximum Gasteiger partial charge on any atom is 0.118 e. The largest absolute Gasteiger partial charge is 0.497 e. The number of fused-ring (bicyclic) bond motifs is 2. The van der Waals surface area contributed by atoms with Gasteiger partial charge in [0.15, 0.2) is 0 Å². The van der Waals surface area contributed by atoms with E-state index in [2.05, 4.69) is 51.1 Å². The van der Waals surface area contributed by atoms with E-state index in [-0.39, 0.29) is 0 Å². The van der Waals surface area contributed by atoms with Crippen LogP contribution in [0.5, 0.6) is 5.75 Å². The molecule has 0 spiro atoms. The van der Waals surface area contributed by atoms with Crippen LogP contribution >= 0.6 is 0 Å². The molecule has 1 heteroatoms. The van der Waals surface area contributed by atoms with Gasteiger partial charge in [-0.25, -0.2) is 0 Å². The van der Waals surface area contributed by atoms with Crippen LogP contribution in [-0.4, -0.2) is 7.11 Å². The summed E-state index contributed by atoms with van der Waals surface area (Å²) in [4.78, 5) is 0. The number of benzene rings is 1. The first kappa shape index (κ1) is 11.8. The molecule has 1 nitrogen and oxygen atoms in total. The average Bonchev–Trinajstić information content (AvgIpc) is 2.71. The van der Waals surface area contributed by atoms with Crippen molar-refractivity contribution in [3.8, 4) is 5.75 Å². The standard InChI is InChI=1S/C17H22O/c1-16(2)13-9-10-17(16,3)15(11-13)12-5-7-14(18-4)8-6-12/h5-8,11,13H,9-10H2,1-4H3. The van der Waals surface area contributed by atoms with Crippen LogP contribution in [0, 0.1) is 16.7 Å². The van der Waals surface area contributed by atoms with Crippen LogP contribution in [0.15, 0.2) is 30.3 Å². The van der Waals surface area contributed by atoms with Crippen molar-refractivity contribution in [3.63, 3.8) is 0 Å². The van der Waals surface area contributed by atoms with Crippen molar-refractivity contribution in [2.75, 3.05) is 7.11 Å². The van der Waals surface area contributed by atoms with Crippen LogP contribution in [0.1, 0.15) is 39.2 Å². The van der Waals surface area contributed by atoms with Crippen LogP contribution in [-0.2, 0) is 0 Å². The van der Waals surface area contributed by atoms with Crippen molar-refractivity contribution in [2.45, 2.75) is 33.6 Å². The van der Waals surface area contributed by atoms with Crippen LogP contribution in [0.4, 0.5) is 0 Å². The molecule has 2 aliphatic carbocycles. The highest BCUT2D eigenvalue weighted by molar-refractivity contribution is 5.75. The highest BCUT2D eigenvalue weighted by Crippen LogP contribution is 2.67. The third-order valence-corrected chi connectivity index (χ3v) is 5.67. The molecule has 0 heterocycles. The lowest BCUT2D eigenvalue weighted by Crippen LogP contribution is -2.29. The van der Waals surface area contributed by atoms with Gasteiger partial charge in [0.25, 0.3) is 0 Å². The molecule has 96 valence electrons. The molecule has 1 saturated carbocycles. The summed E-state index contributed by atoms with van der Waals surface area (Å²) in [5.41, 5.74) is 3.66. The lowest BCUT2D eigenvalue weighted by atomic mass is 9.66. The van der Waals surface area contributed by atoms with E-state index in [4.69, 9.17) is 4.74 Å². The Hall–Kier alpha value is -1.24. The van der Waals surface area contributed by atoms with Gasteiger partial charge in [0, 0.05) is 0 Å². The summed E-state index contributed by atoms with van der Waals surface area (Å²) in [7, 11) is 1.72. The maximum atomic E-state index is 5.24. The van der Waals surface area contributed by atoms with Gasteiger partial charge in [0.05, 0.1) is 7.11 Å². The van der Waals surface area contributed by atoms with E-state index in [0.29, 0.717) is 10.8 Å². The van der Waals surface area contributed by atoms with Crippen molar-refractivity contribution < 1.29 is 4.74 Å². The van der Waals surface area contributed by atoms with Gasteiger partial charge in [0.1, 0.15) is 5.75 Å². The Bertz CT molecular complexity index is 495. The zero-order chi connectivity index (χ0) is 13.0. The summed E-state index contributed by atoms with van der Waals surface area (Å²) >= 11 is 0. The first-order valence-electron chi connectivity index (χ1n) is 6.86. The van der Waals surface area contributed by atoms with E-state index in [9.17, 15) is 0 Å². The Kier molecular flexibility index (Phi) is 2.38. The molecule has 1 fully saturated rings. The summed E-state index contributed by atoms with van der Waals surface area (Å²) in [6, 6.07) is 8.54. The molecule has 18 heavy (non-hydrogen) atoms. The molecule has 1 aromatic carbocycles. The number of hydrogen-bond acceptors (Lipinski definition) is 1. The Morgan fingerprint density at radius 1 is 1.11 bits per heavy atom. The molecule has 2 bridgehead atoms. The fourth-order valence-corrected chi connectivity index (χ4v) is 3.88. The van der Waals surface area contributed by atoms with Crippen LogP contribution in [0.25, 0.3) is 5.57 Å². The van der Waals surface area contributed by atoms with Crippen molar-refractivity contribution in [2.24, 2.45) is 16.7 Å².